The van der Waals surface area contributed by atoms with Crippen molar-refractivity contribution in [2.75, 3.05) is 0 Å². The molecular weight excluding hydrogens is 440 g/mol. The number of fused-ring (bicyclic) bond motifs is 1. The number of rotatable bonds is 6. The standard InChI is InChI=1S/C28H30N4O3/c1-18-6-13-25(27(33)31-18)32-17-21-14-22(11-12-23(21)28(32)34)35-26-5-3-2-4-24(26)30-16-20-9-7-19(15-29)8-10-20/h7-12,14,24-26,30H,1-6,13,16-17H2,(H,31,33)/t24-,25?,26-/m0/s1. The van der Waals surface area contributed by atoms with Gasteiger partial charge in [-0.2, -0.15) is 5.26 Å². The van der Waals surface area contributed by atoms with Crippen LogP contribution in [0.2, 0.25) is 0 Å². The van der Waals surface area contributed by atoms with Crippen molar-refractivity contribution in [3.05, 3.63) is 77.0 Å². The van der Waals surface area contributed by atoms with Gasteiger partial charge in [0.2, 0.25) is 5.91 Å². The number of carbonyl (C=O) groups excluding carboxylic acids is 2. The average molecular weight is 471 g/mol. The molecular formula is C28H30N4O3. The molecule has 7 nitrogen and oxygen atoms in total. The predicted octanol–water partition coefficient (Wildman–Crippen LogP) is 3.79. The third kappa shape index (κ3) is 4.94. The van der Waals surface area contributed by atoms with Crippen LogP contribution in [0.5, 0.6) is 5.75 Å². The quantitative estimate of drug-likeness (QED) is 0.670. The van der Waals surface area contributed by atoms with Gasteiger partial charge in [0.15, 0.2) is 0 Å². The highest BCUT2D eigenvalue weighted by atomic mass is 16.5. The highest BCUT2D eigenvalue weighted by Crippen LogP contribution is 2.32. The van der Waals surface area contributed by atoms with Gasteiger partial charge in [-0.1, -0.05) is 25.1 Å². The number of nitrogens with zero attached hydrogens (tertiary/aromatic N) is 2. The van der Waals surface area contributed by atoms with Crippen LogP contribution in [0.15, 0.2) is 54.7 Å². The fraction of sp³-hybridized carbons (Fsp3) is 0.393. The maximum atomic E-state index is 13.0. The van der Waals surface area contributed by atoms with E-state index >= 15 is 0 Å². The van der Waals surface area contributed by atoms with Gasteiger partial charge >= 0.3 is 0 Å². The summed E-state index contributed by atoms with van der Waals surface area (Å²) in [7, 11) is 0. The first-order valence-electron chi connectivity index (χ1n) is 12.3. The Balaban J connectivity index is 1.24. The zero-order chi connectivity index (χ0) is 24.4. The highest BCUT2D eigenvalue weighted by Gasteiger charge is 2.38. The number of carbonyl (C=O) groups is 2. The number of hydrogen-bond acceptors (Lipinski definition) is 5. The van der Waals surface area contributed by atoms with Crippen molar-refractivity contribution in [2.45, 2.75) is 69.8 Å². The Morgan fingerprint density at radius 3 is 2.69 bits per heavy atom. The second-order valence-corrected chi connectivity index (χ2v) is 9.64. The summed E-state index contributed by atoms with van der Waals surface area (Å²) in [5.41, 5.74) is 4.06. The van der Waals surface area contributed by atoms with Crippen LogP contribution in [0, 0.1) is 11.3 Å². The molecule has 1 unspecified atom stereocenters. The Hall–Kier alpha value is -3.63. The maximum Gasteiger partial charge on any atom is 0.255 e. The Bertz CT molecular complexity index is 1180. The van der Waals surface area contributed by atoms with E-state index < -0.39 is 6.04 Å². The Morgan fingerprint density at radius 2 is 1.91 bits per heavy atom. The lowest BCUT2D eigenvalue weighted by atomic mass is 9.92. The summed E-state index contributed by atoms with van der Waals surface area (Å²) < 4.78 is 6.44. The van der Waals surface area contributed by atoms with E-state index in [0.717, 1.165) is 49.1 Å². The van der Waals surface area contributed by atoms with Gasteiger partial charge in [-0.15, -0.1) is 0 Å². The van der Waals surface area contributed by atoms with Gasteiger partial charge in [-0.25, -0.2) is 0 Å². The monoisotopic (exact) mass is 470 g/mol. The first-order chi connectivity index (χ1) is 17.0. The van der Waals surface area contributed by atoms with E-state index in [1.54, 1.807) is 4.90 Å². The molecule has 1 aliphatic carbocycles. The van der Waals surface area contributed by atoms with Crippen molar-refractivity contribution in [2.24, 2.45) is 0 Å². The SMILES string of the molecule is C=C1CCC(N2Cc3cc(O[C@H]4CCCC[C@@H]4NCc4ccc(C#N)cc4)ccc3C2=O)C(=O)N1. The molecule has 2 aromatic carbocycles. The molecule has 3 atom stereocenters. The molecule has 3 aliphatic rings. The lowest BCUT2D eigenvalue weighted by Crippen LogP contribution is -2.49. The van der Waals surface area contributed by atoms with Gasteiger partial charge in [0.25, 0.3) is 5.91 Å². The van der Waals surface area contributed by atoms with Crippen LogP contribution in [0.25, 0.3) is 0 Å². The summed E-state index contributed by atoms with van der Waals surface area (Å²) >= 11 is 0. The number of allylic oxidation sites excluding steroid dienone is 1. The van der Waals surface area contributed by atoms with Crippen LogP contribution in [0.4, 0.5) is 0 Å². The van der Waals surface area contributed by atoms with E-state index in [4.69, 9.17) is 10.00 Å². The van der Waals surface area contributed by atoms with E-state index in [9.17, 15) is 9.59 Å². The fourth-order valence-electron chi connectivity index (χ4n) is 5.30. The second-order valence-electron chi connectivity index (χ2n) is 9.64. The molecule has 0 bridgehead atoms. The molecule has 1 saturated carbocycles. The number of piperidine rings is 1. The van der Waals surface area contributed by atoms with Crippen LogP contribution >= 0.6 is 0 Å². The summed E-state index contributed by atoms with van der Waals surface area (Å²) in [6.45, 7) is 4.97. The van der Waals surface area contributed by atoms with Crippen LogP contribution in [-0.2, 0) is 17.9 Å². The zero-order valence-electron chi connectivity index (χ0n) is 19.8. The normalized spacial score (nSPS) is 24.0. The third-order valence-corrected chi connectivity index (χ3v) is 7.25. The Morgan fingerprint density at radius 1 is 1.11 bits per heavy atom. The lowest BCUT2D eigenvalue weighted by Gasteiger charge is -2.33. The van der Waals surface area contributed by atoms with Crippen LogP contribution in [0.3, 0.4) is 0 Å². The van der Waals surface area contributed by atoms with Gasteiger partial charge in [-0.05, 0) is 73.6 Å². The minimum atomic E-state index is -0.459. The van der Waals surface area contributed by atoms with E-state index in [2.05, 4.69) is 23.3 Å². The average Bonchev–Trinajstić information content (AvgIpc) is 3.19. The molecule has 180 valence electrons. The van der Waals surface area contributed by atoms with E-state index in [0.29, 0.717) is 36.2 Å². The molecule has 2 N–H and O–H groups in total. The van der Waals surface area contributed by atoms with Gasteiger partial charge in [-0.3, -0.25) is 9.59 Å². The molecule has 0 radical (unpaired) electrons. The first-order valence-corrected chi connectivity index (χ1v) is 12.3. The topological polar surface area (TPSA) is 94.5 Å². The number of hydrogen-bond donors (Lipinski definition) is 2. The highest BCUT2D eigenvalue weighted by molar-refractivity contribution is 6.01. The Kier molecular flexibility index (Phi) is 6.56. The van der Waals surface area contributed by atoms with Gasteiger partial charge in [0, 0.05) is 30.4 Å². The van der Waals surface area contributed by atoms with E-state index in [-0.39, 0.29) is 24.0 Å². The molecule has 2 heterocycles. The molecule has 2 fully saturated rings. The summed E-state index contributed by atoms with van der Waals surface area (Å²) in [5.74, 6) is 0.507. The van der Waals surface area contributed by atoms with Crippen molar-refractivity contribution in [3.8, 4) is 11.8 Å². The minimum Gasteiger partial charge on any atom is -0.489 e. The summed E-state index contributed by atoms with van der Waals surface area (Å²) in [5, 5.41) is 15.4. The van der Waals surface area contributed by atoms with Crippen molar-refractivity contribution < 1.29 is 14.3 Å². The van der Waals surface area contributed by atoms with Crippen LogP contribution < -0.4 is 15.4 Å². The number of amides is 2. The van der Waals surface area contributed by atoms with E-state index in [1.165, 1.54) is 0 Å². The molecule has 2 amide bonds. The van der Waals surface area contributed by atoms with E-state index in [1.807, 2.05) is 42.5 Å². The number of ether oxygens (including phenoxy) is 1. The summed E-state index contributed by atoms with van der Waals surface area (Å²) in [6.07, 6.45) is 5.63. The fourth-order valence-corrected chi connectivity index (χ4v) is 5.30. The largest absolute Gasteiger partial charge is 0.489 e. The predicted molar refractivity (Wildman–Crippen MR) is 131 cm³/mol. The number of nitriles is 1. The molecule has 0 aromatic heterocycles. The van der Waals surface area contributed by atoms with Crippen molar-refractivity contribution in [1.29, 1.82) is 5.26 Å². The molecule has 2 aromatic rings. The number of nitrogens with one attached hydrogen (secondary N) is 2. The molecule has 2 aliphatic heterocycles. The third-order valence-electron chi connectivity index (χ3n) is 7.25. The smallest absolute Gasteiger partial charge is 0.255 e. The maximum absolute atomic E-state index is 13.0. The van der Waals surface area contributed by atoms with Gasteiger partial charge in [0.1, 0.15) is 17.9 Å². The van der Waals surface area contributed by atoms with Crippen LogP contribution in [-0.4, -0.2) is 34.9 Å². The lowest BCUT2D eigenvalue weighted by molar-refractivity contribution is -0.126. The molecule has 35 heavy (non-hydrogen) atoms. The zero-order valence-corrected chi connectivity index (χ0v) is 19.8. The number of benzene rings is 2. The van der Waals surface area contributed by atoms with Crippen molar-refractivity contribution in [3.63, 3.8) is 0 Å². The van der Waals surface area contributed by atoms with Crippen LogP contribution in [0.1, 0.15) is 65.6 Å². The Labute approximate surface area is 205 Å². The van der Waals surface area contributed by atoms with Crippen molar-refractivity contribution >= 4 is 11.8 Å². The van der Waals surface area contributed by atoms with Gasteiger partial charge < -0.3 is 20.3 Å². The van der Waals surface area contributed by atoms with Crippen molar-refractivity contribution in [1.82, 2.24) is 15.5 Å². The molecule has 1 saturated heterocycles. The molecule has 0 spiro atoms. The first kappa shape index (κ1) is 23.1. The van der Waals surface area contributed by atoms with Gasteiger partial charge in [0.05, 0.1) is 11.6 Å². The summed E-state index contributed by atoms with van der Waals surface area (Å²) in [4.78, 5) is 27.1. The minimum absolute atomic E-state index is 0.0449. The molecule has 7 heteroatoms. The second kappa shape index (κ2) is 9.93. The summed E-state index contributed by atoms with van der Waals surface area (Å²) in [6, 6.07) is 15.2. The molecule has 5 rings (SSSR count).